The molecule has 0 aromatic carbocycles. The van der Waals surface area contributed by atoms with Crippen LogP contribution in [-0.2, 0) is 24.0 Å². The number of amides is 1. The first-order valence-corrected chi connectivity index (χ1v) is 4.39. The summed E-state index contributed by atoms with van der Waals surface area (Å²) in [6.07, 6.45) is -0.530. The van der Waals surface area contributed by atoms with Gasteiger partial charge in [0.05, 0.1) is 0 Å². The van der Waals surface area contributed by atoms with Crippen molar-refractivity contribution >= 4 is 17.8 Å². The van der Waals surface area contributed by atoms with Crippen molar-refractivity contribution in [3.63, 3.8) is 0 Å². The van der Waals surface area contributed by atoms with Crippen LogP contribution in [0.5, 0.6) is 0 Å². The van der Waals surface area contributed by atoms with E-state index >= 15 is 0 Å². The first kappa shape index (κ1) is 13.4. The van der Waals surface area contributed by atoms with Crippen LogP contribution in [0.2, 0.25) is 0 Å². The predicted octanol–water partition coefficient (Wildman–Crippen LogP) is 0.312. The van der Waals surface area contributed by atoms with Crippen LogP contribution in [0.15, 0.2) is 0 Å². The SMILES string of the molecule is CC(=O)NOC(=O)CC(=O)OC(C)(C)C. The Morgan fingerprint density at radius 3 is 2.07 bits per heavy atom. The minimum atomic E-state index is -0.862. The number of carbonyl (C=O) groups is 3. The highest BCUT2D eigenvalue weighted by Crippen LogP contribution is 2.08. The molecule has 0 aromatic heterocycles. The van der Waals surface area contributed by atoms with Gasteiger partial charge in [0.2, 0.25) is 5.91 Å². The summed E-state index contributed by atoms with van der Waals surface area (Å²) >= 11 is 0. The summed E-state index contributed by atoms with van der Waals surface area (Å²) in [5, 5.41) is 0. The lowest BCUT2D eigenvalue weighted by atomic mass is 10.2. The fraction of sp³-hybridized carbons (Fsp3) is 0.667. The molecule has 0 unspecified atom stereocenters. The Balaban J connectivity index is 3.87. The van der Waals surface area contributed by atoms with E-state index in [0.29, 0.717) is 0 Å². The molecule has 6 nitrogen and oxygen atoms in total. The molecule has 0 radical (unpaired) electrons. The van der Waals surface area contributed by atoms with Crippen molar-refractivity contribution in [3.8, 4) is 0 Å². The van der Waals surface area contributed by atoms with Gasteiger partial charge in [-0.3, -0.25) is 9.59 Å². The van der Waals surface area contributed by atoms with Crippen LogP contribution in [-0.4, -0.2) is 23.4 Å². The second-order valence-electron chi connectivity index (χ2n) is 3.90. The zero-order chi connectivity index (χ0) is 12.1. The molecule has 0 saturated heterocycles. The molecule has 0 heterocycles. The zero-order valence-corrected chi connectivity index (χ0v) is 9.25. The molecule has 1 N–H and O–H groups in total. The van der Waals surface area contributed by atoms with Gasteiger partial charge in [-0.1, -0.05) is 0 Å². The standard InChI is InChI=1S/C9H15NO5/c1-6(11)10-15-8(13)5-7(12)14-9(2,3)4/h5H2,1-4H3,(H,10,11). The van der Waals surface area contributed by atoms with Gasteiger partial charge in [0.25, 0.3) is 0 Å². The van der Waals surface area contributed by atoms with Gasteiger partial charge < -0.3 is 9.57 Å². The minimum absolute atomic E-state index is 0.521. The Morgan fingerprint density at radius 1 is 1.13 bits per heavy atom. The number of nitrogens with one attached hydrogen (secondary N) is 1. The molecule has 0 spiro atoms. The van der Waals surface area contributed by atoms with Crippen molar-refractivity contribution in [1.82, 2.24) is 5.48 Å². The second kappa shape index (κ2) is 5.33. The third-order valence-corrected chi connectivity index (χ3v) is 1.02. The van der Waals surface area contributed by atoms with Crippen molar-refractivity contribution < 1.29 is 24.0 Å². The summed E-state index contributed by atoms with van der Waals surface area (Å²) in [7, 11) is 0. The molecule has 0 aliphatic heterocycles. The fourth-order valence-corrected chi connectivity index (χ4v) is 0.660. The minimum Gasteiger partial charge on any atom is -0.460 e. The van der Waals surface area contributed by atoms with E-state index in [4.69, 9.17) is 4.74 Å². The van der Waals surface area contributed by atoms with Gasteiger partial charge in [-0.15, -0.1) is 0 Å². The maximum absolute atomic E-state index is 11.1. The van der Waals surface area contributed by atoms with Gasteiger partial charge in [-0.05, 0) is 20.8 Å². The summed E-state index contributed by atoms with van der Waals surface area (Å²) in [4.78, 5) is 36.6. The summed E-state index contributed by atoms with van der Waals surface area (Å²) < 4.78 is 4.86. The molecule has 0 rings (SSSR count). The number of hydrogen-bond acceptors (Lipinski definition) is 5. The van der Waals surface area contributed by atoms with Gasteiger partial charge >= 0.3 is 11.9 Å². The van der Waals surface area contributed by atoms with Crippen molar-refractivity contribution in [2.45, 2.75) is 39.7 Å². The van der Waals surface area contributed by atoms with Crippen LogP contribution in [0.25, 0.3) is 0 Å². The first-order valence-electron chi connectivity index (χ1n) is 4.39. The lowest BCUT2D eigenvalue weighted by molar-refractivity contribution is -0.167. The number of hydroxylamine groups is 1. The Bertz CT molecular complexity index is 266. The highest BCUT2D eigenvalue weighted by Gasteiger charge is 2.19. The molecule has 86 valence electrons. The maximum atomic E-state index is 11.1. The van der Waals surface area contributed by atoms with Crippen LogP contribution >= 0.6 is 0 Å². The number of rotatable bonds is 2. The van der Waals surface area contributed by atoms with E-state index in [1.54, 1.807) is 20.8 Å². The molecule has 15 heavy (non-hydrogen) atoms. The highest BCUT2D eigenvalue weighted by molar-refractivity contribution is 5.91. The van der Waals surface area contributed by atoms with Gasteiger partial charge in [0.15, 0.2) is 0 Å². The summed E-state index contributed by atoms with van der Waals surface area (Å²) in [6, 6.07) is 0. The molecule has 0 aliphatic rings. The predicted molar refractivity (Wildman–Crippen MR) is 50.4 cm³/mol. The van der Waals surface area contributed by atoms with E-state index in [-0.39, 0.29) is 0 Å². The van der Waals surface area contributed by atoms with Crippen LogP contribution < -0.4 is 5.48 Å². The van der Waals surface area contributed by atoms with Crippen molar-refractivity contribution in [3.05, 3.63) is 0 Å². The first-order chi connectivity index (χ1) is 6.70. The highest BCUT2D eigenvalue weighted by atomic mass is 16.7. The van der Waals surface area contributed by atoms with Gasteiger partial charge in [-0.25, -0.2) is 4.79 Å². The second-order valence-corrected chi connectivity index (χ2v) is 3.90. The number of ether oxygens (including phenoxy) is 1. The molecule has 0 atom stereocenters. The Morgan fingerprint density at radius 2 is 1.67 bits per heavy atom. The molecule has 1 amide bonds. The summed E-state index contributed by atoms with van der Waals surface area (Å²) in [5.41, 5.74) is 1.17. The van der Waals surface area contributed by atoms with E-state index in [9.17, 15) is 14.4 Å². The molecule has 0 aromatic rings. The average molecular weight is 217 g/mol. The van der Waals surface area contributed by atoms with Crippen molar-refractivity contribution in [1.29, 1.82) is 0 Å². The number of esters is 1. The number of carbonyl (C=O) groups excluding carboxylic acids is 3. The Labute approximate surface area is 87.9 Å². The smallest absolute Gasteiger partial charge is 0.343 e. The topological polar surface area (TPSA) is 81.7 Å². The van der Waals surface area contributed by atoms with Crippen LogP contribution in [0, 0.1) is 0 Å². The third kappa shape index (κ3) is 8.73. The molecular formula is C9H15NO5. The van der Waals surface area contributed by atoms with E-state index in [1.165, 1.54) is 6.92 Å². The van der Waals surface area contributed by atoms with E-state index in [1.807, 2.05) is 5.48 Å². The van der Waals surface area contributed by atoms with Crippen LogP contribution in [0.3, 0.4) is 0 Å². The van der Waals surface area contributed by atoms with Gasteiger partial charge in [0.1, 0.15) is 12.0 Å². The van der Waals surface area contributed by atoms with Crippen molar-refractivity contribution in [2.75, 3.05) is 0 Å². The van der Waals surface area contributed by atoms with Gasteiger partial charge in [-0.2, -0.15) is 5.48 Å². The number of hydrogen-bond donors (Lipinski definition) is 1. The Kier molecular flexibility index (Phi) is 4.77. The maximum Gasteiger partial charge on any atom is 0.343 e. The summed E-state index contributed by atoms with van der Waals surface area (Å²) in [5.74, 6) is -2.08. The van der Waals surface area contributed by atoms with Gasteiger partial charge in [0, 0.05) is 6.92 Å². The zero-order valence-electron chi connectivity index (χ0n) is 9.25. The van der Waals surface area contributed by atoms with E-state index in [2.05, 4.69) is 4.84 Å². The average Bonchev–Trinajstić information content (AvgIpc) is 1.96. The largest absolute Gasteiger partial charge is 0.460 e. The lowest BCUT2D eigenvalue weighted by Crippen LogP contribution is -2.29. The third-order valence-electron chi connectivity index (χ3n) is 1.02. The molecule has 0 fully saturated rings. The molecule has 0 bridgehead atoms. The molecular weight excluding hydrogens is 202 g/mol. The van der Waals surface area contributed by atoms with Crippen LogP contribution in [0.4, 0.5) is 0 Å². The normalized spacial score (nSPS) is 10.4. The van der Waals surface area contributed by atoms with Crippen molar-refractivity contribution in [2.24, 2.45) is 0 Å². The van der Waals surface area contributed by atoms with E-state index in [0.717, 1.165) is 0 Å². The van der Waals surface area contributed by atoms with Crippen LogP contribution in [0.1, 0.15) is 34.1 Å². The molecule has 0 saturated carbocycles. The molecule has 0 aliphatic carbocycles. The Hall–Kier alpha value is -1.59. The van der Waals surface area contributed by atoms with E-state index < -0.39 is 29.9 Å². The summed E-state index contributed by atoms with van der Waals surface area (Å²) in [6.45, 7) is 6.24. The monoisotopic (exact) mass is 217 g/mol. The quantitative estimate of drug-likeness (QED) is 0.409. The molecule has 6 heteroatoms. The fourth-order valence-electron chi connectivity index (χ4n) is 0.660. The lowest BCUT2D eigenvalue weighted by Gasteiger charge is -2.18.